The van der Waals surface area contributed by atoms with Gasteiger partial charge in [0, 0.05) is 52.5 Å². The highest BCUT2D eigenvalue weighted by molar-refractivity contribution is 5.83. The van der Waals surface area contributed by atoms with E-state index in [-0.39, 0.29) is 48.1 Å². The summed E-state index contributed by atoms with van der Waals surface area (Å²) in [5, 5.41) is 6.91. The second kappa shape index (κ2) is 11.9. The highest BCUT2D eigenvalue weighted by Crippen LogP contribution is 2.54. The van der Waals surface area contributed by atoms with Crippen molar-refractivity contribution in [3.8, 4) is 0 Å². The number of fused-ring (bicyclic) bond motifs is 5. The van der Waals surface area contributed by atoms with Crippen LogP contribution in [0.3, 0.4) is 0 Å². The van der Waals surface area contributed by atoms with E-state index in [1.807, 2.05) is 6.92 Å². The molecule has 6 aliphatic rings. The Morgan fingerprint density at radius 2 is 1.90 bits per heavy atom. The third-order valence-corrected chi connectivity index (χ3v) is 10.8. The molecular weight excluding hydrogens is 500 g/mol. The summed E-state index contributed by atoms with van der Waals surface area (Å²) in [7, 11) is 3.46. The first kappa shape index (κ1) is 27.8. The fraction of sp³-hybridized carbons (Fsp3) is 0.931. The zero-order chi connectivity index (χ0) is 27.1. The topological polar surface area (TPSA) is 102 Å². The van der Waals surface area contributed by atoms with E-state index in [4.69, 9.17) is 18.9 Å². The van der Waals surface area contributed by atoms with Crippen molar-refractivity contribution in [2.24, 2.45) is 23.7 Å². The van der Waals surface area contributed by atoms with Crippen molar-refractivity contribution < 1.29 is 28.5 Å². The number of carbonyl (C=O) groups is 2. The Kier molecular flexibility index (Phi) is 8.50. The molecule has 220 valence electrons. The van der Waals surface area contributed by atoms with Gasteiger partial charge in [-0.15, -0.1) is 0 Å². The SMILES string of the molecule is COC1CCC2C3NCCC4C5CC(OC(C)C(=O)NCCN6CCOCC6)CCC5N(C(=O)C2C1OC)C43. The molecular formula is C29H48N4O6. The van der Waals surface area contributed by atoms with Gasteiger partial charge in [0.05, 0.1) is 43.5 Å². The van der Waals surface area contributed by atoms with E-state index in [0.717, 1.165) is 77.9 Å². The average molecular weight is 549 g/mol. The first-order valence-corrected chi connectivity index (χ1v) is 15.4. The third kappa shape index (κ3) is 5.14. The Morgan fingerprint density at radius 3 is 2.67 bits per heavy atom. The molecule has 2 aliphatic carbocycles. The van der Waals surface area contributed by atoms with E-state index in [2.05, 4.69) is 20.4 Å². The van der Waals surface area contributed by atoms with E-state index >= 15 is 0 Å². The smallest absolute Gasteiger partial charge is 0.248 e. The maximum Gasteiger partial charge on any atom is 0.248 e. The quantitative estimate of drug-likeness (QED) is 0.456. The molecule has 0 aromatic rings. The number of hydrogen-bond donors (Lipinski definition) is 2. The van der Waals surface area contributed by atoms with Crippen LogP contribution in [0.2, 0.25) is 0 Å². The van der Waals surface area contributed by atoms with Crippen LogP contribution in [0.25, 0.3) is 0 Å². The van der Waals surface area contributed by atoms with Gasteiger partial charge in [-0.3, -0.25) is 14.5 Å². The molecule has 39 heavy (non-hydrogen) atoms. The molecule has 4 saturated heterocycles. The minimum atomic E-state index is -0.473. The number of methoxy groups -OCH3 is 2. The predicted molar refractivity (Wildman–Crippen MR) is 144 cm³/mol. The van der Waals surface area contributed by atoms with Gasteiger partial charge >= 0.3 is 0 Å². The molecule has 4 aliphatic heterocycles. The van der Waals surface area contributed by atoms with Gasteiger partial charge in [0.25, 0.3) is 0 Å². The van der Waals surface area contributed by atoms with Crippen LogP contribution in [-0.4, -0.2) is 124 Å². The number of hydrogen-bond acceptors (Lipinski definition) is 8. The molecule has 0 aromatic heterocycles. The normalized spacial score (nSPS) is 42.8. The van der Waals surface area contributed by atoms with Gasteiger partial charge in [0.15, 0.2) is 0 Å². The Labute approximate surface area is 232 Å². The molecule has 0 aromatic carbocycles. The van der Waals surface area contributed by atoms with Crippen LogP contribution in [0.4, 0.5) is 0 Å². The average Bonchev–Trinajstić information content (AvgIpc) is 3.30. The second-order valence-electron chi connectivity index (χ2n) is 12.6. The van der Waals surface area contributed by atoms with E-state index in [1.54, 1.807) is 14.2 Å². The van der Waals surface area contributed by atoms with Crippen LogP contribution >= 0.6 is 0 Å². The predicted octanol–water partition coefficient (Wildman–Crippen LogP) is 0.636. The minimum Gasteiger partial charge on any atom is -0.379 e. The summed E-state index contributed by atoms with van der Waals surface area (Å²) in [5.74, 6) is 1.33. The van der Waals surface area contributed by atoms with Gasteiger partial charge in [-0.05, 0) is 69.7 Å². The van der Waals surface area contributed by atoms with Crippen LogP contribution in [-0.2, 0) is 28.5 Å². The summed E-state index contributed by atoms with van der Waals surface area (Å²) in [5.41, 5.74) is 0. The maximum atomic E-state index is 14.2. The first-order chi connectivity index (χ1) is 19.0. The molecule has 6 fully saturated rings. The number of carbonyl (C=O) groups excluding carboxylic acids is 2. The van der Waals surface area contributed by atoms with Crippen molar-refractivity contribution in [3.05, 3.63) is 0 Å². The number of ether oxygens (including phenoxy) is 4. The second-order valence-corrected chi connectivity index (χ2v) is 12.6. The number of piperidine rings is 2. The van der Waals surface area contributed by atoms with Gasteiger partial charge in [0.2, 0.25) is 11.8 Å². The lowest BCUT2D eigenvalue weighted by Gasteiger charge is -2.55. The summed E-state index contributed by atoms with van der Waals surface area (Å²) in [6.07, 6.45) is 5.16. The van der Waals surface area contributed by atoms with Gasteiger partial charge in [-0.25, -0.2) is 0 Å². The lowest BCUT2D eigenvalue weighted by molar-refractivity contribution is -0.175. The molecule has 4 heterocycles. The molecule has 2 saturated carbocycles. The largest absolute Gasteiger partial charge is 0.379 e. The number of nitrogens with one attached hydrogen (secondary N) is 2. The number of nitrogens with zero attached hydrogens (tertiary/aromatic N) is 2. The van der Waals surface area contributed by atoms with Crippen LogP contribution < -0.4 is 10.6 Å². The molecule has 2 amide bonds. The highest BCUT2D eigenvalue weighted by Gasteiger charge is 2.64. The summed E-state index contributed by atoms with van der Waals surface area (Å²) < 4.78 is 23.5. The molecule has 0 bridgehead atoms. The van der Waals surface area contributed by atoms with Crippen molar-refractivity contribution in [2.75, 3.05) is 60.2 Å². The van der Waals surface area contributed by atoms with E-state index in [9.17, 15) is 9.59 Å². The monoisotopic (exact) mass is 548 g/mol. The molecule has 0 radical (unpaired) electrons. The van der Waals surface area contributed by atoms with Crippen LogP contribution in [0.1, 0.15) is 45.4 Å². The summed E-state index contributed by atoms with van der Waals surface area (Å²) in [4.78, 5) is 31.6. The van der Waals surface area contributed by atoms with Gasteiger partial charge < -0.3 is 34.5 Å². The van der Waals surface area contributed by atoms with Crippen molar-refractivity contribution >= 4 is 11.8 Å². The maximum absolute atomic E-state index is 14.2. The van der Waals surface area contributed by atoms with Gasteiger partial charge in [0.1, 0.15) is 6.10 Å². The molecule has 11 atom stereocenters. The summed E-state index contributed by atoms with van der Waals surface area (Å²) in [6, 6.07) is 0.843. The van der Waals surface area contributed by atoms with Crippen molar-refractivity contribution in [2.45, 2.75) is 88.0 Å². The third-order valence-electron chi connectivity index (χ3n) is 10.8. The molecule has 6 rings (SSSR count). The molecule has 0 spiro atoms. The lowest BCUT2D eigenvalue weighted by atomic mass is 9.64. The Morgan fingerprint density at radius 1 is 1.08 bits per heavy atom. The first-order valence-electron chi connectivity index (χ1n) is 15.4. The van der Waals surface area contributed by atoms with Crippen LogP contribution in [0.15, 0.2) is 0 Å². The zero-order valence-electron chi connectivity index (χ0n) is 23.9. The Hall–Kier alpha value is -1.30. The Bertz CT molecular complexity index is 886. The van der Waals surface area contributed by atoms with Gasteiger partial charge in [-0.1, -0.05) is 0 Å². The lowest BCUT2D eigenvalue weighted by Crippen LogP contribution is -2.70. The number of rotatable bonds is 8. The number of amides is 2. The highest BCUT2D eigenvalue weighted by atomic mass is 16.5. The summed E-state index contributed by atoms with van der Waals surface area (Å²) >= 11 is 0. The molecule has 11 unspecified atom stereocenters. The molecule has 10 heteroatoms. The van der Waals surface area contributed by atoms with Crippen molar-refractivity contribution in [1.82, 2.24) is 20.4 Å². The van der Waals surface area contributed by atoms with Crippen molar-refractivity contribution in [1.29, 1.82) is 0 Å². The van der Waals surface area contributed by atoms with Crippen LogP contribution in [0.5, 0.6) is 0 Å². The fourth-order valence-electron chi connectivity index (χ4n) is 9.12. The van der Waals surface area contributed by atoms with E-state index < -0.39 is 6.10 Å². The zero-order valence-corrected chi connectivity index (χ0v) is 23.9. The fourth-order valence-corrected chi connectivity index (χ4v) is 9.12. The number of morpholine rings is 1. The van der Waals surface area contributed by atoms with Gasteiger partial charge in [-0.2, -0.15) is 0 Å². The molecule has 2 N–H and O–H groups in total. The van der Waals surface area contributed by atoms with E-state index in [1.165, 1.54) is 0 Å². The molecule has 10 nitrogen and oxygen atoms in total. The van der Waals surface area contributed by atoms with E-state index in [0.29, 0.717) is 30.3 Å². The van der Waals surface area contributed by atoms with Crippen molar-refractivity contribution in [3.63, 3.8) is 0 Å². The summed E-state index contributed by atoms with van der Waals surface area (Å²) in [6.45, 7) is 7.72. The Balaban J connectivity index is 1.09. The minimum absolute atomic E-state index is 0.0276. The van der Waals surface area contributed by atoms with Crippen LogP contribution in [0, 0.1) is 23.7 Å². The standard InChI is InChI=1S/C29H48N4O6/c1-17(28(34)31-10-11-32-12-14-38-15-13-32)39-18-4-6-22-21(16-18)19-8-9-30-25-20-5-7-23(36-2)27(37-3)24(20)29(35)33(22)26(19)25/h17-27,30H,4-16H2,1-3H3,(H,31,34).